The molecule has 0 unspecified atom stereocenters. The van der Waals surface area contributed by atoms with Gasteiger partial charge in [-0.2, -0.15) is 13.2 Å². The third-order valence-corrected chi connectivity index (χ3v) is 2.18. The van der Waals surface area contributed by atoms with Gasteiger partial charge in [0.15, 0.2) is 0 Å². The second-order valence-corrected chi connectivity index (χ2v) is 3.44. The number of carboxylic acids is 1. The van der Waals surface area contributed by atoms with Crippen LogP contribution in [-0.4, -0.2) is 30.2 Å². The Balaban J connectivity index is 3.12. The Bertz CT molecular complexity index is 500. The Morgan fingerprint density at radius 2 is 1.89 bits per heavy atom. The molecule has 0 aliphatic heterocycles. The summed E-state index contributed by atoms with van der Waals surface area (Å²) in [5.41, 5.74) is 4.81. The molecule has 0 bridgehead atoms. The van der Waals surface area contributed by atoms with Gasteiger partial charge in [0.05, 0.1) is 16.9 Å². The average Bonchev–Trinajstić information content (AvgIpc) is 2.25. The Hall–Kier alpha value is -2.25. The van der Waals surface area contributed by atoms with E-state index in [1.807, 2.05) is 0 Å². The molecule has 0 aliphatic rings. The second-order valence-electron chi connectivity index (χ2n) is 3.44. The molecule has 98 valence electrons. The number of aromatic carboxylic acids is 1. The largest absolute Gasteiger partial charge is 0.478 e. The Morgan fingerprint density at radius 1 is 1.33 bits per heavy atom. The van der Waals surface area contributed by atoms with Crippen LogP contribution in [0.25, 0.3) is 0 Å². The quantitative estimate of drug-likeness (QED) is 0.791. The molecule has 0 fully saturated rings. The van der Waals surface area contributed by atoms with Crippen molar-refractivity contribution in [2.75, 3.05) is 17.7 Å². The van der Waals surface area contributed by atoms with Crippen LogP contribution in [0.5, 0.6) is 0 Å². The smallest absolute Gasteiger partial charge is 0.471 e. The molecule has 1 aromatic carbocycles. The summed E-state index contributed by atoms with van der Waals surface area (Å²) >= 11 is 0. The van der Waals surface area contributed by atoms with Crippen molar-refractivity contribution in [3.8, 4) is 0 Å². The first-order valence-electron chi connectivity index (χ1n) is 4.62. The van der Waals surface area contributed by atoms with E-state index in [2.05, 4.69) is 0 Å². The molecule has 8 heteroatoms. The summed E-state index contributed by atoms with van der Waals surface area (Å²) < 4.78 is 36.6. The molecule has 0 aromatic heterocycles. The number of halogens is 3. The maximum atomic E-state index is 12.2. The molecule has 0 radical (unpaired) electrons. The van der Waals surface area contributed by atoms with Crippen molar-refractivity contribution in [3.05, 3.63) is 23.8 Å². The summed E-state index contributed by atoms with van der Waals surface area (Å²) in [4.78, 5) is 21.9. The molecule has 3 N–H and O–H groups in total. The van der Waals surface area contributed by atoms with Gasteiger partial charge in [0, 0.05) is 7.05 Å². The minimum atomic E-state index is -5.02. The van der Waals surface area contributed by atoms with Crippen molar-refractivity contribution in [2.45, 2.75) is 6.18 Å². The van der Waals surface area contributed by atoms with E-state index in [0.717, 1.165) is 25.2 Å². The van der Waals surface area contributed by atoms with Crippen molar-refractivity contribution in [1.29, 1.82) is 0 Å². The number of carbonyl (C=O) groups is 2. The highest BCUT2D eigenvalue weighted by molar-refractivity contribution is 6.00. The summed E-state index contributed by atoms with van der Waals surface area (Å²) in [6, 6.07) is 3.09. The molecular formula is C10H9F3N2O3. The van der Waals surface area contributed by atoms with Gasteiger partial charge in [-0.25, -0.2) is 4.79 Å². The van der Waals surface area contributed by atoms with Gasteiger partial charge >= 0.3 is 18.1 Å². The predicted octanol–water partition coefficient (Wildman–Crippen LogP) is 1.49. The van der Waals surface area contributed by atoms with Crippen LogP contribution in [0.15, 0.2) is 18.2 Å². The Morgan fingerprint density at radius 3 is 2.28 bits per heavy atom. The SMILES string of the molecule is CN(C(=O)C(F)(F)F)c1ccc(C(=O)O)cc1N. The number of benzene rings is 1. The van der Waals surface area contributed by atoms with Crippen LogP contribution in [0.3, 0.4) is 0 Å². The third kappa shape index (κ3) is 2.70. The van der Waals surface area contributed by atoms with Gasteiger partial charge in [0.2, 0.25) is 0 Å². The van der Waals surface area contributed by atoms with Gasteiger partial charge in [0.1, 0.15) is 0 Å². The van der Waals surface area contributed by atoms with E-state index in [9.17, 15) is 22.8 Å². The lowest BCUT2D eigenvalue weighted by atomic mass is 10.1. The number of hydrogen-bond acceptors (Lipinski definition) is 3. The first-order chi connectivity index (χ1) is 8.14. The van der Waals surface area contributed by atoms with E-state index in [-0.39, 0.29) is 16.9 Å². The van der Waals surface area contributed by atoms with Crippen molar-refractivity contribution >= 4 is 23.3 Å². The molecule has 1 amide bonds. The van der Waals surface area contributed by atoms with Gasteiger partial charge in [-0.15, -0.1) is 0 Å². The highest BCUT2D eigenvalue weighted by Gasteiger charge is 2.42. The minimum Gasteiger partial charge on any atom is -0.478 e. The molecule has 1 rings (SSSR count). The zero-order valence-electron chi connectivity index (χ0n) is 9.15. The zero-order valence-corrected chi connectivity index (χ0v) is 9.15. The average molecular weight is 262 g/mol. The fraction of sp³-hybridized carbons (Fsp3) is 0.200. The first-order valence-corrected chi connectivity index (χ1v) is 4.62. The van der Waals surface area contributed by atoms with Crippen molar-refractivity contribution in [2.24, 2.45) is 0 Å². The van der Waals surface area contributed by atoms with Crippen molar-refractivity contribution in [1.82, 2.24) is 0 Å². The van der Waals surface area contributed by atoms with Gasteiger partial charge in [0.25, 0.3) is 0 Å². The van der Waals surface area contributed by atoms with Crippen LogP contribution in [0.1, 0.15) is 10.4 Å². The molecule has 5 nitrogen and oxygen atoms in total. The number of nitrogen functional groups attached to an aromatic ring is 1. The Labute approximate surface area is 99.6 Å². The van der Waals surface area contributed by atoms with E-state index >= 15 is 0 Å². The third-order valence-electron chi connectivity index (χ3n) is 2.18. The summed E-state index contributed by atoms with van der Waals surface area (Å²) in [5, 5.41) is 8.66. The van der Waals surface area contributed by atoms with E-state index in [4.69, 9.17) is 10.8 Å². The highest BCUT2D eigenvalue weighted by atomic mass is 19.4. The van der Waals surface area contributed by atoms with E-state index < -0.39 is 18.1 Å². The van der Waals surface area contributed by atoms with Crippen LogP contribution >= 0.6 is 0 Å². The molecule has 0 aliphatic carbocycles. The maximum Gasteiger partial charge on any atom is 0.471 e. The molecule has 0 heterocycles. The fourth-order valence-corrected chi connectivity index (χ4v) is 1.29. The van der Waals surface area contributed by atoms with Gasteiger partial charge in [-0.3, -0.25) is 4.79 Å². The van der Waals surface area contributed by atoms with Gasteiger partial charge in [-0.1, -0.05) is 0 Å². The molecule has 18 heavy (non-hydrogen) atoms. The van der Waals surface area contributed by atoms with E-state index in [1.54, 1.807) is 0 Å². The summed E-state index contributed by atoms with van der Waals surface area (Å²) in [7, 11) is 0.905. The number of rotatable bonds is 2. The number of anilines is 2. The molecule has 0 saturated carbocycles. The van der Waals surface area contributed by atoms with Crippen LogP contribution in [0.2, 0.25) is 0 Å². The van der Waals surface area contributed by atoms with Crippen molar-refractivity contribution in [3.63, 3.8) is 0 Å². The van der Waals surface area contributed by atoms with Crippen molar-refractivity contribution < 1.29 is 27.9 Å². The summed E-state index contributed by atoms with van der Waals surface area (Å²) in [5.74, 6) is -3.35. The number of nitrogens with two attached hydrogens (primary N) is 1. The monoisotopic (exact) mass is 262 g/mol. The molecule has 1 aromatic rings. The van der Waals surface area contributed by atoms with Crippen LogP contribution in [0, 0.1) is 0 Å². The van der Waals surface area contributed by atoms with E-state index in [1.165, 1.54) is 0 Å². The normalized spacial score (nSPS) is 11.1. The zero-order chi connectivity index (χ0) is 14.1. The molecule has 0 spiro atoms. The lowest BCUT2D eigenvalue weighted by Crippen LogP contribution is -2.38. The van der Waals surface area contributed by atoms with E-state index in [0.29, 0.717) is 4.90 Å². The number of nitrogens with zero attached hydrogens (tertiary/aromatic N) is 1. The lowest BCUT2D eigenvalue weighted by Gasteiger charge is -2.20. The fourth-order valence-electron chi connectivity index (χ4n) is 1.29. The number of hydrogen-bond donors (Lipinski definition) is 2. The predicted molar refractivity (Wildman–Crippen MR) is 57.3 cm³/mol. The number of carbonyl (C=O) groups excluding carboxylic acids is 1. The minimum absolute atomic E-state index is 0.177. The van der Waals surface area contributed by atoms with Crippen LogP contribution in [-0.2, 0) is 4.79 Å². The molecule has 0 saturated heterocycles. The summed E-state index contributed by atoms with van der Waals surface area (Å²) in [6.07, 6.45) is -5.02. The van der Waals surface area contributed by atoms with Crippen LogP contribution in [0.4, 0.5) is 24.5 Å². The van der Waals surface area contributed by atoms with Gasteiger partial charge < -0.3 is 15.7 Å². The standard InChI is InChI=1S/C10H9F3N2O3/c1-15(9(18)10(11,12)13)7-3-2-5(8(16)17)4-6(7)14/h2-4H,14H2,1H3,(H,16,17). The Kier molecular flexibility index (Phi) is 3.49. The molecular weight excluding hydrogens is 253 g/mol. The first kappa shape index (κ1) is 13.8. The van der Waals surface area contributed by atoms with Gasteiger partial charge in [-0.05, 0) is 18.2 Å². The van der Waals surface area contributed by atoms with Crippen LogP contribution < -0.4 is 10.6 Å². The molecule has 0 atom stereocenters. The number of amides is 1. The topological polar surface area (TPSA) is 83.6 Å². The number of carboxylic acid groups (broad SMARTS) is 1. The number of alkyl halides is 3. The summed E-state index contributed by atoms with van der Waals surface area (Å²) in [6.45, 7) is 0. The lowest BCUT2D eigenvalue weighted by molar-refractivity contribution is -0.170. The second kappa shape index (κ2) is 4.55. The highest BCUT2D eigenvalue weighted by Crippen LogP contribution is 2.27. The maximum absolute atomic E-state index is 12.2.